The predicted molar refractivity (Wildman–Crippen MR) is 101 cm³/mol. The molecule has 0 aliphatic rings. The van der Waals surface area contributed by atoms with Gasteiger partial charge in [0.15, 0.2) is 0 Å². The quantitative estimate of drug-likeness (QED) is 0.583. The van der Waals surface area contributed by atoms with Gasteiger partial charge in [-0.1, -0.05) is 59.3 Å². The molecule has 134 valence electrons. The van der Waals surface area contributed by atoms with E-state index in [-0.39, 0.29) is 20.7 Å². The first-order chi connectivity index (χ1) is 12.3. The van der Waals surface area contributed by atoms with Gasteiger partial charge in [-0.05, 0) is 29.8 Å². The molecule has 0 amide bonds. The lowest BCUT2D eigenvalue weighted by molar-refractivity contribution is 0.146. The van der Waals surface area contributed by atoms with Gasteiger partial charge in [0, 0.05) is 9.90 Å². The fourth-order valence-electron chi connectivity index (χ4n) is 2.18. The molecule has 26 heavy (non-hydrogen) atoms. The van der Waals surface area contributed by atoms with E-state index in [0.717, 1.165) is 16.9 Å². The van der Waals surface area contributed by atoms with E-state index in [1.165, 1.54) is 24.3 Å². The maximum Gasteiger partial charge on any atom is 0.512 e. The number of thiophene rings is 1. The summed E-state index contributed by atoms with van der Waals surface area (Å²) in [5.41, 5.74) is 0.845. The number of anilines is 1. The van der Waals surface area contributed by atoms with Crippen molar-refractivity contribution in [2.45, 2.75) is 4.90 Å². The molecule has 0 bridgehead atoms. The van der Waals surface area contributed by atoms with Crippen LogP contribution in [-0.2, 0) is 10.0 Å². The maximum atomic E-state index is 12.6. The maximum absolute atomic E-state index is 12.6. The molecular weight excluding hydrogens is 398 g/mol. The van der Waals surface area contributed by atoms with E-state index >= 15 is 0 Å². The molecule has 0 radical (unpaired) electrons. The van der Waals surface area contributed by atoms with Crippen LogP contribution < -0.4 is 9.46 Å². The van der Waals surface area contributed by atoms with Crippen LogP contribution in [0, 0.1) is 0 Å². The van der Waals surface area contributed by atoms with Crippen LogP contribution in [0.4, 0.5) is 10.5 Å². The second-order valence-corrected chi connectivity index (χ2v) is 8.24. The fourth-order valence-corrected chi connectivity index (χ4v) is 4.56. The van der Waals surface area contributed by atoms with Crippen molar-refractivity contribution in [2.24, 2.45) is 0 Å². The number of carbonyl (C=O) groups is 1. The third kappa shape index (κ3) is 4.16. The zero-order chi connectivity index (χ0) is 18.7. The number of carboxylic acid groups (broad SMARTS) is 1. The summed E-state index contributed by atoms with van der Waals surface area (Å²) in [5, 5.41) is 9.11. The molecule has 1 heterocycles. The molecular formula is C17H12ClNO5S2. The molecule has 0 fully saturated rings. The van der Waals surface area contributed by atoms with E-state index in [1.807, 2.05) is 30.3 Å². The summed E-state index contributed by atoms with van der Waals surface area (Å²) in [7, 11) is -3.96. The summed E-state index contributed by atoms with van der Waals surface area (Å²) in [6.45, 7) is 0. The number of rotatable bonds is 5. The van der Waals surface area contributed by atoms with Crippen molar-refractivity contribution in [1.29, 1.82) is 0 Å². The smallest absolute Gasteiger partial charge is 0.449 e. The van der Waals surface area contributed by atoms with Crippen LogP contribution in [0.15, 0.2) is 65.6 Å². The Morgan fingerprint density at radius 3 is 2.46 bits per heavy atom. The number of nitrogens with one attached hydrogen (secondary N) is 1. The molecule has 3 rings (SSSR count). The van der Waals surface area contributed by atoms with Crippen molar-refractivity contribution >= 4 is 44.8 Å². The molecule has 2 N–H and O–H groups in total. The highest BCUT2D eigenvalue weighted by Crippen LogP contribution is 2.41. The first-order valence-electron chi connectivity index (χ1n) is 7.23. The zero-order valence-corrected chi connectivity index (χ0v) is 15.4. The molecule has 0 unspecified atom stereocenters. The van der Waals surface area contributed by atoms with Gasteiger partial charge < -0.3 is 9.84 Å². The Morgan fingerprint density at radius 1 is 1.08 bits per heavy atom. The van der Waals surface area contributed by atoms with Gasteiger partial charge in [0.25, 0.3) is 10.0 Å². The van der Waals surface area contributed by atoms with Crippen molar-refractivity contribution in [1.82, 2.24) is 0 Å². The largest absolute Gasteiger partial charge is 0.512 e. The molecule has 0 aliphatic carbocycles. The number of ether oxygens (including phenoxy) is 1. The van der Waals surface area contributed by atoms with E-state index in [1.54, 1.807) is 6.07 Å². The SMILES string of the molecule is O=C(O)Oc1sc(-c2ccccc2)cc1NS(=O)(=O)c1cccc(Cl)c1. The Bertz CT molecular complexity index is 1050. The van der Waals surface area contributed by atoms with Gasteiger partial charge in [0.2, 0.25) is 5.06 Å². The molecule has 0 saturated carbocycles. The highest BCUT2D eigenvalue weighted by Gasteiger charge is 2.21. The highest BCUT2D eigenvalue weighted by atomic mass is 35.5. The van der Waals surface area contributed by atoms with Crippen molar-refractivity contribution in [3.8, 4) is 15.5 Å². The van der Waals surface area contributed by atoms with Crippen LogP contribution >= 0.6 is 22.9 Å². The monoisotopic (exact) mass is 409 g/mol. The molecule has 0 saturated heterocycles. The molecule has 3 aromatic rings. The van der Waals surface area contributed by atoms with Crippen LogP contribution in [0.25, 0.3) is 10.4 Å². The topological polar surface area (TPSA) is 92.7 Å². The Labute approximate surface area is 158 Å². The van der Waals surface area contributed by atoms with Crippen LogP contribution in [-0.4, -0.2) is 19.7 Å². The standard InChI is InChI=1S/C17H12ClNO5S2/c18-12-7-4-8-13(9-12)26(22,23)19-14-10-15(11-5-2-1-3-6-11)25-16(14)24-17(20)21/h1-10,19H,(H,20,21). The summed E-state index contributed by atoms with van der Waals surface area (Å²) in [5.74, 6) is 0. The van der Waals surface area contributed by atoms with Crippen molar-refractivity contribution in [3.05, 3.63) is 65.7 Å². The van der Waals surface area contributed by atoms with Crippen LogP contribution in [0.1, 0.15) is 0 Å². The fraction of sp³-hybridized carbons (Fsp3) is 0. The van der Waals surface area contributed by atoms with Gasteiger partial charge >= 0.3 is 6.16 Å². The first-order valence-corrected chi connectivity index (χ1v) is 9.91. The van der Waals surface area contributed by atoms with Crippen LogP contribution in [0.2, 0.25) is 5.02 Å². The zero-order valence-electron chi connectivity index (χ0n) is 13.0. The van der Waals surface area contributed by atoms with Gasteiger partial charge in [-0.15, -0.1) is 0 Å². The van der Waals surface area contributed by atoms with Crippen molar-refractivity contribution < 1.29 is 23.1 Å². The third-order valence-electron chi connectivity index (χ3n) is 3.29. The van der Waals surface area contributed by atoms with Gasteiger partial charge in [-0.25, -0.2) is 13.2 Å². The lowest BCUT2D eigenvalue weighted by Gasteiger charge is -2.08. The Hall–Kier alpha value is -2.55. The van der Waals surface area contributed by atoms with Crippen LogP contribution in [0.5, 0.6) is 5.06 Å². The van der Waals surface area contributed by atoms with Gasteiger partial charge in [-0.3, -0.25) is 4.72 Å². The Morgan fingerprint density at radius 2 is 1.81 bits per heavy atom. The second kappa shape index (κ2) is 7.36. The molecule has 0 atom stereocenters. The molecule has 9 heteroatoms. The first kappa shape index (κ1) is 18.2. The number of benzene rings is 2. The van der Waals surface area contributed by atoms with E-state index in [2.05, 4.69) is 4.72 Å². The van der Waals surface area contributed by atoms with Crippen molar-refractivity contribution in [3.63, 3.8) is 0 Å². The van der Waals surface area contributed by atoms with E-state index in [0.29, 0.717) is 4.88 Å². The van der Waals surface area contributed by atoms with Gasteiger partial charge in [0.1, 0.15) is 5.69 Å². The number of hydrogen-bond donors (Lipinski definition) is 2. The normalized spacial score (nSPS) is 11.1. The summed E-state index contributed by atoms with van der Waals surface area (Å²) in [6.07, 6.45) is -1.53. The minimum Gasteiger partial charge on any atom is -0.449 e. The second-order valence-electron chi connectivity index (χ2n) is 5.11. The Kier molecular flexibility index (Phi) is 5.17. The number of sulfonamides is 1. The van der Waals surface area contributed by atoms with Crippen molar-refractivity contribution in [2.75, 3.05) is 4.72 Å². The lowest BCUT2D eigenvalue weighted by atomic mass is 10.2. The van der Waals surface area contributed by atoms with E-state index in [4.69, 9.17) is 21.4 Å². The summed E-state index contributed by atoms with van der Waals surface area (Å²) >= 11 is 6.87. The number of halogens is 1. The number of hydrogen-bond acceptors (Lipinski definition) is 5. The third-order valence-corrected chi connectivity index (χ3v) is 5.95. The van der Waals surface area contributed by atoms with Gasteiger partial charge in [-0.2, -0.15) is 0 Å². The highest BCUT2D eigenvalue weighted by molar-refractivity contribution is 7.92. The van der Waals surface area contributed by atoms with Crippen LogP contribution in [0.3, 0.4) is 0 Å². The summed E-state index contributed by atoms with van der Waals surface area (Å²) in [4.78, 5) is 11.6. The lowest BCUT2D eigenvalue weighted by Crippen LogP contribution is -2.13. The summed E-state index contributed by atoms with van der Waals surface area (Å²) in [6, 6.07) is 16.4. The molecule has 6 nitrogen and oxygen atoms in total. The minimum atomic E-state index is -3.96. The average molecular weight is 410 g/mol. The summed E-state index contributed by atoms with van der Waals surface area (Å²) < 4.78 is 32.2. The molecule has 0 aliphatic heterocycles. The Balaban J connectivity index is 2.00. The predicted octanol–water partition coefficient (Wildman–Crippen LogP) is 4.93. The van der Waals surface area contributed by atoms with Gasteiger partial charge in [0.05, 0.1) is 4.90 Å². The average Bonchev–Trinajstić information content (AvgIpc) is 2.97. The molecule has 2 aromatic carbocycles. The van der Waals surface area contributed by atoms with E-state index in [9.17, 15) is 13.2 Å². The van der Waals surface area contributed by atoms with E-state index < -0.39 is 16.2 Å². The molecule has 1 aromatic heterocycles. The minimum absolute atomic E-state index is 0.0382. The molecule has 0 spiro atoms.